The molecule has 2 aliphatic heterocycles. The van der Waals surface area contributed by atoms with Crippen LogP contribution in [0.5, 0.6) is 11.5 Å². The van der Waals surface area contributed by atoms with Crippen LogP contribution in [0.25, 0.3) is 0 Å². The molecule has 0 bridgehead atoms. The SMILES string of the molecule is CC1CCSC1c1ccc(C2CCC(c3ccccc(=O)c3O)S2)cc(=O)c1O. The van der Waals surface area contributed by atoms with Gasteiger partial charge in [0.05, 0.1) is 0 Å². The highest BCUT2D eigenvalue weighted by atomic mass is 32.2. The van der Waals surface area contributed by atoms with Gasteiger partial charge in [0.25, 0.3) is 0 Å². The lowest BCUT2D eigenvalue weighted by Gasteiger charge is -2.14. The fourth-order valence-electron chi connectivity index (χ4n) is 4.17. The Morgan fingerprint density at radius 2 is 1.59 bits per heavy atom. The van der Waals surface area contributed by atoms with E-state index < -0.39 is 0 Å². The summed E-state index contributed by atoms with van der Waals surface area (Å²) in [5, 5.41) is 21.0. The van der Waals surface area contributed by atoms with Crippen LogP contribution >= 0.6 is 23.5 Å². The summed E-state index contributed by atoms with van der Waals surface area (Å²) in [6, 6.07) is 12.0. The first-order chi connectivity index (χ1) is 14.0. The van der Waals surface area contributed by atoms with Crippen LogP contribution in [-0.2, 0) is 0 Å². The van der Waals surface area contributed by atoms with Gasteiger partial charge in [-0.05, 0) is 48.6 Å². The molecule has 29 heavy (non-hydrogen) atoms. The van der Waals surface area contributed by atoms with Gasteiger partial charge in [-0.15, -0.1) is 11.8 Å². The first-order valence-corrected chi connectivity index (χ1v) is 11.9. The van der Waals surface area contributed by atoms with Crippen LogP contribution in [0.1, 0.15) is 58.6 Å². The first-order valence-electron chi connectivity index (χ1n) is 9.92. The molecule has 2 heterocycles. The minimum absolute atomic E-state index is 0.000749. The monoisotopic (exact) mass is 428 g/mol. The van der Waals surface area contributed by atoms with Gasteiger partial charge in [-0.1, -0.05) is 37.3 Å². The zero-order chi connectivity index (χ0) is 20.5. The smallest absolute Gasteiger partial charge is 0.220 e. The second kappa shape index (κ2) is 8.44. The summed E-state index contributed by atoms with van der Waals surface area (Å²) in [4.78, 5) is 24.6. The van der Waals surface area contributed by atoms with E-state index >= 15 is 0 Å². The molecule has 4 atom stereocenters. The Balaban J connectivity index is 1.64. The van der Waals surface area contributed by atoms with Gasteiger partial charge in [0.1, 0.15) is 0 Å². The molecule has 0 amide bonds. The van der Waals surface area contributed by atoms with E-state index in [0.29, 0.717) is 11.5 Å². The van der Waals surface area contributed by atoms with Gasteiger partial charge >= 0.3 is 0 Å². The maximum Gasteiger partial charge on any atom is 0.220 e. The van der Waals surface area contributed by atoms with Crippen LogP contribution in [0.15, 0.2) is 52.1 Å². The lowest BCUT2D eigenvalue weighted by molar-refractivity contribution is 0.455. The van der Waals surface area contributed by atoms with E-state index in [1.807, 2.05) is 12.1 Å². The topological polar surface area (TPSA) is 74.6 Å². The maximum absolute atomic E-state index is 12.6. The van der Waals surface area contributed by atoms with Crippen molar-refractivity contribution in [1.82, 2.24) is 0 Å². The van der Waals surface area contributed by atoms with Crippen molar-refractivity contribution in [2.45, 2.75) is 41.9 Å². The summed E-state index contributed by atoms with van der Waals surface area (Å²) in [6.07, 6.45) is 2.75. The Kier molecular flexibility index (Phi) is 5.93. The third-order valence-electron chi connectivity index (χ3n) is 5.83. The molecule has 2 aromatic carbocycles. The third-order valence-corrected chi connectivity index (χ3v) is 9.04. The zero-order valence-electron chi connectivity index (χ0n) is 16.2. The molecule has 4 unspecified atom stereocenters. The molecular weight excluding hydrogens is 404 g/mol. The summed E-state index contributed by atoms with van der Waals surface area (Å²) in [5.74, 6) is 1.16. The average Bonchev–Trinajstić information content (AvgIpc) is 3.28. The number of rotatable bonds is 3. The Morgan fingerprint density at radius 1 is 0.862 bits per heavy atom. The minimum Gasteiger partial charge on any atom is -0.504 e. The second-order valence-electron chi connectivity index (χ2n) is 7.78. The van der Waals surface area contributed by atoms with Crippen molar-refractivity contribution in [3.05, 3.63) is 79.6 Å². The van der Waals surface area contributed by atoms with Crippen LogP contribution in [0.2, 0.25) is 0 Å². The molecule has 6 heteroatoms. The van der Waals surface area contributed by atoms with Crippen molar-refractivity contribution in [2.24, 2.45) is 5.92 Å². The molecule has 0 spiro atoms. The number of hydrogen-bond donors (Lipinski definition) is 2. The highest BCUT2D eigenvalue weighted by Gasteiger charge is 2.31. The van der Waals surface area contributed by atoms with Gasteiger partial charge < -0.3 is 10.2 Å². The molecular formula is C23H24O4S2. The van der Waals surface area contributed by atoms with Crippen LogP contribution in [-0.4, -0.2) is 16.0 Å². The zero-order valence-corrected chi connectivity index (χ0v) is 17.8. The van der Waals surface area contributed by atoms with Crippen molar-refractivity contribution in [3.63, 3.8) is 0 Å². The van der Waals surface area contributed by atoms with E-state index in [1.54, 1.807) is 47.8 Å². The van der Waals surface area contributed by atoms with E-state index in [1.165, 1.54) is 6.07 Å². The van der Waals surface area contributed by atoms with Crippen molar-refractivity contribution < 1.29 is 10.2 Å². The number of thioether (sulfide) groups is 2. The average molecular weight is 429 g/mol. The van der Waals surface area contributed by atoms with Crippen molar-refractivity contribution in [3.8, 4) is 11.5 Å². The summed E-state index contributed by atoms with van der Waals surface area (Å²) >= 11 is 3.46. The van der Waals surface area contributed by atoms with Crippen molar-refractivity contribution in [2.75, 3.05) is 5.75 Å². The molecule has 152 valence electrons. The van der Waals surface area contributed by atoms with Crippen LogP contribution in [0.3, 0.4) is 0 Å². The molecule has 2 aliphatic rings. The molecule has 2 saturated heterocycles. The van der Waals surface area contributed by atoms with E-state index in [0.717, 1.165) is 36.1 Å². The Labute approximate surface area is 178 Å². The Morgan fingerprint density at radius 3 is 2.34 bits per heavy atom. The van der Waals surface area contributed by atoms with E-state index in [2.05, 4.69) is 6.92 Å². The van der Waals surface area contributed by atoms with Gasteiger partial charge in [-0.25, -0.2) is 0 Å². The largest absolute Gasteiger partial charge is 0.504 e. The van der Waals surface area contributed by atoms with Crippen molar-refractivity contribution in [1.29, 1.82) is 0 Å². The van der Waals surface area contributed by atoms with Gasteiger partial charge in [0, 0.05) is 26.9 Å². The highest BCUT2D eigenvalue weighted by Crippen LogP contribution is 2.53. The van der Waals surface area contributed by atoms with Crippen LogP contribution < -0.4 is 10.9 Å². The van der Waals surface area contributed by atoms with Crippen LogP contribution in [0.4, 0.5) is 0 Å². The van der Waals surface area contributed by atoms with E-state index in [9.17, 15) is 19.8 Å². The quantitative estimate of drug-likeness (QED) is 0.721. The molecule has 0 saturated carbocycles. The molecule has 2 aromatic rings. The van der Waals surface area contributed by atoms with Gasteiger partial charge in [0.15, 0.2) is 11.5 Å². The van der Waals surface area contributed by atoms with Crippen molar-refractivity contribution >= 4 is 23.5 Å². The molecule has 2 N–H and O–H groups in total. The second-order valence-corrected chi connectivity index (χ2v) is 10.4. The Hall–Kier alpha value is -1.92. The van der Waals surface area contributed by atoms with Gasteiger partial charge in [-0.2, -0.15) is 11.8 Å². The summed E-state index contributed by atoms with van der Waals surface area (Å²) in [7, 11) is 0. The normalized spacial score (nSPS) is 26.5. The predicted octanol–water partition coefficient (Wildman–Crippen LogP) is 4.94. The lowest BCUT2D eigenvalue weighted by atomic mass is 9.99. The predicted molar refractivity (Wildman–Crippen MR) is 120 cm³/mol. The van der Waals surface area contributed by atoms with Gasteiger partial charge in [0.2, 0.25) is 10.9 Å². The Bertz CT molecular complexity index is 1040. The van der Waals surface area contributed by atoms with Crippen LogP contribution in [0, 0.1) is 5.92 Å². The summed E-state index contributed by atoms with van der Waals surface area (Å²) in [6.45, 7) is 2.16. The molecule has 0 radical (unpaired) electrons. The summed E-state index contributed by atoms with van der Waals surface area (Å²) in [5.41, 5.74) is 1.57. The number of aromatic hydroxyl groups is 2. The number of hydrogen-bond acceptors (Lipinski definition) is 6. The van der Waals surface area contributed by atoms with E-state index in [4.69, 9.17) is 0 Å². The fourth-order valence-corrected chi connectivity index (χ4v) is 7.35. The lowest BCUT2D eigenvalue weighted by Crippen LogP contribution is -2.04. The van der Waals surface area contributed by atoms with Gasteiger partial charge in [-0.3, -0.25) is 9.59 Å². The standard InChI is InChI=1S/C23H24O4S2/c1-13-10-11-28-23(13)16-7-6-14(12-18(25)22(16)27)19-8-9-20(29-19)15-4-2-3-5-17(24)21(15)26/h2-7,12-13,19-20,23H,8-11H2,1H3,(H,24,26)(H,25,27). The third kappa shape index (κ3) is 4.05. The fraction of sp³-hybridized carbons (Fsp3) is 0.391. The molecule has 0 aliphatic carbocycles. The summed E-state index contributed by atoms with van der Waals surface area (Å²) < 4.78 is 0. The first kappa shape index (κ1) is 20.4. The molecule has 0 aromatic heterocycles. The molecule has 4 rings (SSSR count). The van der Waals surface area contributed by atoms with E-state index in [-0.39, 0.29) is 38.1 Å². The minimum atomic E-state index is -0.375. The molecule has 4 nitrogen and oxygen atoms in total. The maximum atomic E-state index is 12.6. The highest BCUT2D eigenvalue weighted by molar-refractivity contribution is 8.00. The molecule has 2 fully saturated rings.